The summed E-state index contributed by atoms with van der Waals surface area (Å²) >= 11 is 0. The van der Waals surface area contributed by atoms with Crippen molar-refractivity contribution in [3.8, 4) is 0 Å². The quantitative estimate of drug-likeness (QED) is 0.149. The Morgan fingerprint density at radius 3 is 0.280 bits per heavy atom. The molecule has 0 N–H and O–H groups in total. The third-order valence-electron chi connectivity index (χ3n) is 9.81. The molecular formula is C50H112. The first-order valence-electron chi connectivity index (χ1n) is 22.4. The number of hydrogen-bond donors (Lipinski definition) is 0. The van der Waals surface area contributed by atoms with Gasteiger partial charge in [-0.05, 0) is 133 Å². The van der Waals surface area contributed by atoms with Crippen molar-refractivity contribution in [2.24, 2.45) is 94.7 Å². The van der Waals surface area contributed by atoms with Crippen molar-refractivity contribution in [2.45, 2.75) is 232 Å². The van der Waals surface area contributed by atoms with E-state index in [4.69, 9.17) is 0 Å². The molecule has 0 aromatic heterocycles. The van der Waals surface area contributed by atoms with E-state index in [1.165, 1.54) is 38.5 Å². The van der Waals surface area contributed by atoms with Crippen LogP contribution in [0.1, 0.15) is 232 Å². The van der Waals surface area contributed by atoms with Gasteiger partial charge in [0.25, 0.3) is 0 Å². The SMILES string of the molecule is CC(C)CC(C)C.CC(C)CC(C)C.CC(C)CC(C)C(C)C.CC(C)CC(C)C(C)C.CC(C)CC(C)C(C)C.CC(C)CC(C)C(C)C. The van der Waals surface area contributed by atoms with Crippen LogP contribution in [0.5, 0.6) is 0 Å². The van der Waals surface area contributed by atoms with E-state index in [1.54, 1.807) is 0 Å². The summed E-state index contributed by atoms with van der Waals surface area (Å²) in [6.07, 6.45) is 8.21. The summed E-state index contributed by atoms with van der Waals surface area (Å²) < 4.78 is 0. The number of hydrogen-bond acceptors (Lipinski definition) is 0. The van der Waals surface area contributed by atoms with E-state index in [-0.39, 0.29) is 0 Å². The zero-order chi connectivity index (χ0) is 41.5. The van der Waals surface area contributed by atoms with Gasteiger partial charge in [-0.1, -0.05) is 194 Å². The molecule has 0 saturated heterocycles. The summed E-state index contributed by atoms with van der Waals surface area (Å²) in [6.45, 7) is 64.2. The van der Waals surface area contributed by atoms with Crippen LogP contribution in [0.2, 0.25) is 0 Å². The average Bonchev–Trinajstić information content (AvgIpc) is 2.87. The van der Waals surface area contributed by atoms with Crippen LogP contribution in [-0.2, 0) is 0 Å². The molecule has 0 aromatic rings. The summed E-state index contributed by atoms with van der Waals surface area (Å²) in [7, 11) is 0. The lowest BCUT2D eigenvalue weighted by Gasteiger charge is -2.16. The highest BCUT2D eigenvalue weighted by molar-refractivity contribution is 4.61. The van der Waals surface area contributed by atoms with Gasteiger partial charge < -0.3 is 0 Å². The molecule has 0 aliphatic carbocycles. The van der Waals surface area contributed by atoms with Crippen LogP contribution in [0.25, 0.3) is 0 Å². The van der Waals surface area contributed by atoms with Crippen molar-refractivity contribution in [3.05, 3.63) is 0 Å². The molecule has 0 radical (unpaired) electrons. The molecule has 4 unspecified atom stereocenters. The highest BCUT2D eigenvalue weighted by Gasteiger charge is 2.10. The lowest BCUT2D eigenvalue weighted by atomic mass is 9.90. The van der Waals surface area contributed by atoms with Gasteiger partial charge in [-0.25, -0.2) is 0 Å². The van der Waals surface area contributed by atoms with Crippen LogP contribution in [0.4, 0.5) is 0 Å². The van der Waals surface area contributed by atoms with Crippen molar-refractivity contribution in [1.29, 1.82) is 0 Å². The van der Waals surface area contributed by atoms with Crippen molar-refractivity contribution in [1.82, 2.24) is 0 Å². The van der Waals surface area contributed by atoms with Gasteiger partial charge in [0.2, 0.25) is 0 Å². The molecule has 0 aromatic carbocycles. The van der Waals surface area contributed by atoms with Gasteiger partial charge in [0, 0.05) is 0 Å². The fourth-order valence-electron chi connectivity index (χ4n) is 5.95. The first-order chi connectivity index (χ1) is 22.4. The molecule has 0 saturated carbocycles. The van der Waals surface area contributed by atoms with E-state index in [0.29, 0.717) is 0 Å². The Bertz CT molecular complexity index is 492. The molecule has 312 valence electrons. The van der Waals surface area contributed by atoms with Crippen molar-refractivity contribution >= 4 is 0 Å². The van der Waals surface area contributed by atoms with Crippen LogP contribution in [0.15, 0.2) is 0 Å². The van der Waals surface area contributed by atoms with Crippen LogP contribution >= 0.6 is 0 Å². The summed E-state index contributed by atoms with van der Waals surface area (Å²) in [5, 5.41) is 0. The summed E-state index contributed by atoms with van der Waals surface area (Å²) in [6, 6.07) is 0. The molecule has 0 rings (SSSR count). The molecule has 0 spiro atoms. The maximum Gasteiger partial charge on any atom is -0.0417 e. The van der Waals surface area contributed by atoms with Gasteiger partial charge in [-0.3, -0.25) is 0 Å². The Hall–Kier alpha value is 0. The van der Waals surface area contributed by atoms with Gasteiger partial charge >= 0.3 is 0 Å². The topological polar surface area (TPSA) is 0 Å². The molecular weight excluding hydrogens is 601 g/mol. The highest BCUT2D eigenvalue weighted by atomic mass is 14.2. The third-order valence-corrected chi connectivity index (χ3v) is 9.81. The minimum atomic E-state index is 0.854. The van der Waals surface area contributed by atoms with Crippen molar-refractivity contribution in [2.75, 3.05) is 0 Å². The Morgan fingerprint density at radius 1 is 0.160 bits per heavy atom. The standard InChI is InChI=1S/4C9H20.2C7H16/c4*1-7(2)6-9(5)8(3)4;2*1-6(2)5-7(3)4/h4*7-9H,6H2,1-5H3;2*6-7H,5H2,1-4H3. The maximum atomic E-state index is 2.34. The van der Waals surface area contributed by atoms with Crippen molar-refractivity contribution < 1.29 is 0 Å². The minimum absolute atomic E-state index is 0.854. The smallest absolute Gasteiger partial charge is 0.0417 e. The average molecular weight is 713 g/mol. The second kappa shape index (κ2) is 38.7. The van der Waals surface area contributed by atoms with E-state index >= 15 is 0 Å². The molecule has 0 aliphatic heterocycles. The summed E-state index contributed by atoms with van der Waals surface area (Å²) in [5.41, 5.74) is 0. The predicted molar refractivity (Wildman–Crippen MR) is 242 cm³/mol. The van der Waals surface area contributed by atoms with Gasteiger partial charge in [-0.15, -0.1) is 0 Å². The molecule has 4 atom stereocenters. The van der Waals surface area contributed by atoms with Crippen LogP contribution in [0.3, 0.4) is 0 Å². The van der Waals surface area contributed by atoms with E-state index < -0.39 is 0 Å². The molecule has 0 amide bonds. The Morgan fingerprint density at radius 2 is 0.260 bits per heavy atom. The summed E-state index contributed by atoms with van der Waals surface area (Å²) in [5.74, 6) is 13.9. The Labute approximate surface area is 326 Å². The third kappa shape index (κ3) is 66.3. The molecule has 0 nitrogen and oxygen atoms in total. The zero-order valence-corrected chi connectivity index (χ0v) is 41.5. The van der Waals surface area contributed by atoms with Crippen LogP contribution in [-0.4, -0.2) is 0 Å². The normalized spacial score (nSPS) is 13.9. The largest absolute Gasteiger partial charge is 0.0628 e. The maximum absolute atomic E-state index is 2.34. The van der Waals surface area contributed by atoms with Gasteiger partial charge in [0.1, 0.15) is 0 Å². The first-order valence-corrected chi connectivity index (χ1v) is 22.4. The van der Waals surface area contributed by atoms with Gasteiger partial charge in [-0.2, -0.15) is 0 Å². The second-order valence-electron chi connectivity index (χ2n) is 21.5. The fraction of sp³-hybridized carbons (Fsp3) is 1.00. The fourth-order valence-corrected chi connectivity index (χ4v) is 5.95. The van der Waals surface area contributed by atoms with E-state index in [2.05, 4.69) is 194 Å². The monoisotopic (exact) mass is 713 g/mol. The number of rotatable bonds is 16. The van der Waals surface area contributed by atoms with E-state index in [1.807, 2.05) is 0 Å². The van der Waals surface area contributed by atoms with Crippen molar-refractivity contribution in [3.63, 3.8) is 0 Å². The zero-order valence-electron chi connectivity index (χ0n) is 41.5. The highest BCUT2D eigenvalue weighted by Crippen LogP contribution is 2.21. The van der Waals surface area contributed by atoms with E-state index in [9.17, 15) is 0 Å². The molecule has 0 heteroatoms. The summed E-state index contributed by atoms with van der Waals surface area (Å²) in [4.78, 5) is 0. The Kier molecular flexibility index (Phi) is 48.0. The van der Waals surface area contributed by atoms with Gasteiger partial charge in [0.05, 0.1) is 0 Å². The lowest BCUT2D eigenvalue weighted by Crippen LogP contribution is -2.06. The molecule has 50 heavy (non-hydrogen) atoms. The molecule has 0 fully saturated rings. The second-order valence-corrected chi connectivity index (χ2v) is 21.5. The van der Waals surface area contributed by atoms with Crippen LogP contribution in [0, 0.1) is 94.7 Å². The lowest BCUT2D eigenvalue weighted by molar-refractivity contribution is 0.344. The minimum Gasteiger partial charge on any atom is -0.0628 e. The molecule has 0 aliphatic rings. The van der Waals surface area contributed by atoms with Gasteiger partial charge in [0.15, 0.2) is 0 Å². The molecule has 0 bridgehead atoms. The first kappa shape index (κ1) is 62.0. The molecule has 0 heterocycles. The van der Waals surface area contributed by atoms with E-state index in [0.717, 1.165) is 94.7 Å². The predicted octanol–water partition coefficient (Wildman–Crippen LogP) is 18.7. The Balaban J connectivity index is -0.000000117. The van der Waals surface area contributed by atoms with Crippen LogP contribution < -0.4 is 0 Å².